The number of hydrogen-bond acceptors (Lipinski definition) is 6. The molecular weight excluding hydrogens is 407 g/mol. The first-order chi connectivity index (χ1) is 13.0. The van der Waals surface area contributed by atoms with Gasteiger partial charge in [0.25, 0.3) is 11.6 Å². The lowest BCUT2D eigenvalue weighted by atomic mass is 10.1. The van der Waals surface area contributed by atoms with Gasteiger partial charge in [0.15, 0.2) is 6.10 Å². The fourth-order valence-corrected chi connectivity index (χ4v) is 2.24. The van der Waals surface area contributed by atoms with E-state index in [9.17, 15) is 32.9 Å². The van der Waals surface area contributed by atoms with Crippen molar-refractivity contribution in [3.8, 4) is 0 Å². The van der Waals surface area contributed by atoms with Gasteiger partial charge in [-0.2, -0.15) is 13.2 Å². The number of alkyl halides is 3. The number of pyridine rings is 1. The van der Waals surface area contributed by atoms with Crippen LogP contribution < -0.4 is 5.32 Å². The molecule has 28 heavy (non-hydrogen) atoms. The first-order valence-electron chi connectivity index (χ1n) is 7.48. The summed E-state index contributed by atoms with van der Waals surface area (Å²) in [6.07, 6.45) is -5.12. The van der Waals surface area contributed by atoms with Crippen LogP contribution in [0.3, 0.4) is 0 Å². The van der Waals surface area contributed by atoms with E-state index in [1.807, 2.05) is 5.32 Å². The maximum absolute atomic E-state index is 13.1. The standard InChI is InChI=1S/C16H11ClF3N3O5/c1-8(28-15(25)10-3-2-6-21-13(10)17)14(24)22-12-5-4-9(23(26)27)7-11(12)16(18,19)20/h2-8H,1H3,(H,22,24)/t8-/m0/s1. The van der Waals surface area contributed by atoms with Crippen LogP contribution in [-0.4, -0.2) is 27.9 Å². The van der Waals surface area contributed by atoms with Gasteiger partial charge < -0.3 is 10.1 Å². The molecular formula is C16H11ClF3N3O5. The molecule has 2 rings (SSSR count). The minimum absolute atomic E-state index is 0.130. The van der Waals surface area contributed by atoms with Gasteiger partial charge in [-0.1, -0.05) is 11.6 Å². The van der Waals surface area contributed by atoms with Crippen molar-refractivity contribution in [2.45, 2.75) is 19.2 Å². The van der Waals surface area contributed by atoms with Gasteiger partial charge >= 0.3 is 12.1 Å². The fraction of sp³-hybridized carbons (Fsp3) is 0.188. The molecule has 0 aliphatic rings. The Hall–Kier alpha value is -3.21. The average molecular weight is 418 g/mol. The first kappa shape index (κ1) is 21.1. The minimum Gasteiger partial charge on any atom is -0.449 e. The zero-order valence-electron chi connectivity index (χ0n) is 14.0. The molecule has 0 fully saturated rings. The summed E-state index contributed by atoms with van der Waals surface area (Å²) in [5.74, 6) is -2.08. The second-order valence-corrected chi connectivity index (χ2v) is 5.72. The molecule has 1 aromatic carbocycles. The van der Waals surface area contributed by atoms with E-state index in [2.05, 4.69) is 4.98 Å². The van der Waals surface area contributed by atoms with Crippen LogP contribution in [0.2, 0.25) is 5.15 Å². The number of halogens is 4. The number of ether oxygens (including phenoxy) is 1. The smallest absolute Gasteiger partial charge is 0.418 e. The Morgan fingerprint density at radius 1 is 1.32 bits per heavy atom. The SMILES string of the molecule is C[C@H](OC(=O)c1cccnc1Cl)C(=O)Nc1ccc([N+](=O)[O-])cc1C(F)(F)F. The molecule has 1 amide bonds. The number of amides is 1. The van der Waals surface area contributed by atoms with E-state index in [0.29, 0.717) is 6.07 Å². The lowest BCUT2D eigenvalue weighted by Crippen LogP contribution is -2.31. The molecule has 0 bridgehead atoms. The van der Waals surface area contributed by atoms with Crippen molar-refractivity contribution in [1.29, 1.82) is 0 Å². The van der Waals surface area contributed by atoms with Crippen molar-refractivity contribution in [1.82, 2.24) is 4.98 Å². The molecule has 2 aromatic rings. The monoisotopic (exact) mass is 417 g/mol. The van der Waals surface area contributed by atoms with Gasteiger partial charge in [-0.15, -0.1) is 0 Å². The quantitative estimate of drug-likeness (QED) is 0.342. The first-order valence-corrected chi connectivity index (χ1v) is 7.86. The van der Waals surface area contributed by atoms with E-state index in [0.717, 1.165) is 19.1 Å². The average Bonchev–Trinajstić information content (AvgIpc) is 2.61. The number of aromatic nitrogens is 1. The van der Waals surface area contributed by atoms with Crippen LogP contribution in [0.15, 0.2) is 36.5 Å². The van der Waals surface area contributed by atoms with Crippen molar-refractivity contribution in [2.75, 3.05) is 5.32 Å². The highest BCUT2D eigenvalue weighted by Gasteiger charge is 2.36. The molecule has 0 saturated heterocycles. The number of nitrogens with zero attached hydrogens (tertiary/aromatic N) is 2. The molecule has 0 spiro atoms. The summed E-state index contributed by atoms with van der Waals surface area (Å²) in [4.78, 5) is 37.5. The van der Waals surface area contributed by atoms with Gasteiger partial charge in [-0.25, -0.2) is 9.78 Å². The molecule has 148 valence electrons. The molecule has 1 atom stereocenters. The highest BCUT2D eigenvalue weighted by Crippen LogP contribution is 2.37. The third-order valence-corrected chi connectivity index (χ3v) is 3.71. The summed E-state index contributed by atoms with van der Waals surface area (Å²) in [7, 11) is 0. The molecule has 1 heterocycles. The minimum atomic E-state index is -4.96. The maximum atomic E-state index is 13.1. The van der Waals surface area contributed by atoms with E-state index in [-0.39, 0.29) is 10.7 Å². The Balaban J connectivity index is 2.19. The fourth-order valence-electron chi connectivity index (χ4n) is 2.04. The van der Waals surface area contributed by atoms with Crippen LogP contribution in [0.4, 0.5) is 24.5 Å². The third-order valence-electron chi connectivity index (χ3n) is 3.41. The van der Waals surface area contributed by atoms with Crippen molar-refractivity contribution in [3.05, 3.63) is 62.9 Å². The van der Waals surface area contributed by atoms with E-state index in [1.165, 1.54) is 18.3 Å². The molecule has 12 heteroatoms. The third kappa shape index (κ3) is 4.94. The molecule has 0 aliphatic carbocycles. The number of rotatable bonds is 5. The van der Waals surface area contributed by atoms with E-state index in [4.69, 9.17) is 16.3 Å². The molecule has 0 unspecified atom stereocenters. The number of non-ortho nitro benzene ring substituents is 1. The second-order valence-electron chi connectivity index (χ2n) is 5.36. The summed E-state index contributed by atoms with van der Waals surface area (Å²) >= 11 is 5.73. The van der Waals surface area contributed by atoms with Gasteiger partial charge in [0.1, 0.15) is 5.15 Å². The number of anilines is 1. The normalized spacial score (nSPS) is 12.2. The Morgan fingerprint density at radius 2 is 2.00 bits per heavy atom. The van der Waals surface area contributed by atoms with Crippen LogP contribution in [-0.2, 0) is 15.7 Å². The Bertz CT molecular complexity index is 936. The predicted octanol–water partition coefficient (Wildman–Crippen LogP) is 3.85. The topological polar surface area (TPSA) is 111 Å². The van der Waals surface area contributed by atoms with Crippen molar-refractivity contribution < 1.29 is 32.4 Å². The Kier molecular flexibility index (Phi) is 6.19. The van der Waals surface area contributed by atoms with Crippen LogP contribution in [0.5, 0.6) is 0 Å². The van der Waals surface area contributed by atoms with Gasteiger partial charge in [0.2, 0.25) is 0 Å². The van der Waals surface area contributed by atoms with Gasteiger partial charge in [-0.3, -0.25) is 14.9 Å². The molecule has 1 aromatic heterocycles. The lowest BCUT2D eigenvalue weighted by molar-refractivity contribution is -0.385. The number of esters is 1. The lowest BCUT2D eigenvalue weighted by Gasteiger charge is -2.17. The number of carbonyl (C=O) groups is 2. The molecule has 1 N–H and O–H groups in total. The second kappa shape index (κ2) is 8.21. The summed E-state index contributed by atoms with van der Waals surface area (Å²) in [6, 6.07) is 4.53. The number of nitro benzene ring substituents is 1. The molecule has 0 aliphatic heterocycles. The number of hydrogen-bond donors (Lipinski definition) is 1. The number of carbonyl (C=O) groups excluding carboxylic acids is 2. The summed E-state index contributed by atoms with van der Waals surface area (Å²) < 4.78 is 44.3. The molecule has 0 radical (unpaired) electrons. The van der Waals surface area contributed by atoms with Crippen molar-refractivity contribution >= 4 is 34.9 Å². The Labute approximate surface area is 160 Å². The maximum Gasteiger partial charge on any atom is 0.418 e. The molecule has 0 saturated carbocycles. The largest absolute Gasteiger partial charge is 0.449 e. The number of benzene rings is 1. The van der Waals surface area contributed by atoms with Gasteiger partial charge in [0, 0.05) is 18.3 Å². The summed E-state index contributed by atoms with van der Waals surface area (Å²) in [5.41, 5.74) is -3.06. The van der Waals surface area contributed by atoms with E-state index >= 15 is 0 Å². The number of nitro groups is 1. The van der Waals surface area contributed by atoms with Crippen molar-refractivity contribution in [3.63, 3.8) is 0 Å². The zero-order chi connectivity index (χ0) is 21.1. The van der Waals surface area contributed by atoms with Crippen LogP contribution in [0.1, 0.15) is 22.8 Å². The highest BCUT2D eigenvalue weighted by molar-refractivity contribution is 6.32. The van der Waals surface area contributed by atoms with Gasteiger partial charge in [0.05, 0.1) is 21.7 Å². The predicted molar refractivity (Wildman–Crippen MR) is 90.9 cm³/mol. The van der Waals surface area contributed by atoms with E-state index in [1.54, 1.807) is 0 Å². The van der Waals surface area contributed by atoms with Crippen LogP contribution >= 0.6 is 11.6 Å². The van der Waals surface area contributed by atoms with Crippen LogP contribution in [0.25, 0.3) is 0 Å². The highest BCUT2D eigenvalue weighted by atomic mass is 35.5. The molecule has 8 nitrogen and oxygen atoms in total. The van der Waals surface area contributed by atoms with Gasteiger partial charge in [-0.05, 0) is 25.1 Å². The van der Waals surface area contributed by atoms with Crippen LogP contribution in [0, 0.1) is 10.1 Å². The van der Waals surface area contributed by atoms with Crippen molar-refractivity contribution in [2.24, 2.45) is 0 Å². The Morgan fingerprint density at radius 3 is 2.57 bits per heavy atom. The van der Waals surface area contributed by atoms with E-state index < -0.39 is 46.0 Å². The summed E-state index contributed by atoms with van der Waals surface area (Å²) in [5, 5.41) is 12.5. The number of nitrogens with one attached hydrogen (secondary N) is 1. The zero-order valence-corrected chi connectivity index (χ0v) is 14.7. The summed E-state index contributed by atoms with van der Waals surface area (Å²) in [6.45, 7) is 1.14.